The van der Waals surface area contributed by atoms with Gasteiger partial charge >= 0.3 is 11.9 Å². The van der Waals surface area contributed by atoms with Crippen molar-refractivity contribution in [2.24, 2.45) is 0 Å². The molecule has 14 nitrogen and oxygen atoms in total. The van der Waals surface area contributed by atoms with E-state index in [1.807, 2.05) is 6.92 Å². The molecule has 4 rings (SSSR count). The summed E-state index contributed by atoms with van der Waals surface area (Å²) in [6.45, 7) is 3.86. The average Bonchev–Trinajstić information content (AvgIpc) is 3.29. The Bertz CT molecular complexity index is 1480. The molecule has 0 radical (unpaired) electrons. The zero-order valence-electron chi connectivity index (χ0n) is 23.0. The third-order valence-electron chi connectivity index (χ3n) is 6.63. The number of aliphatic hydroxyl groups is 2. The lowest BCUT2D eigenvalue weighted by Crippen LogP contribution is -2.39. The van der Waals surface area contributed by atoms with Gasteiger partial charge in [0.2, 0.25) is 0 Å². The number of carboxylic acid groups (broad SMARTS) is 2. The third kappa shape index (κ3) is 7.24. The van der Waals surface area contributed by atoms with Gasteiger partial charge in [-0.1, -0.05) is 0 Å². The van der Waals surface area contributed by atoms with Gasteiger partial charge in [-0.25, -0.2) is 27.0 Å². The Labute approximate surface area is 236 Å². The summed E-state index contributed by atoms with van der Waals surface area (Å²) in [4.78, 5) is 26.3. The number of carbonyl (C=O) groups is 2. The van der Waals surface area contributed by atoms with E-state index in [4.69, 9.17) is 29.9 Å². The van der Waals surface area contributed by atoms with Crippen molar-refractivity contribution < 1.29 is 47.9 Å². The molecule has 1 aliphatic rings. The zero-order valence-corrected chi connectivity index (χ0v) is 23.8. The lowest BCUT2D eigenvalue weighted by molar-refractivity contribution is -0.165. The Morgan fingerprint density at radius 1 is 1.05 bits per heavy atom. The molecule has 3 heterocycles. The van der Waals surface area contributed by atoms with Crippen LogP contribution in [0.1, 0.15) is 18.4 Å². The van der Waals surface area contributed by atoms with Crippen LogP contribution in [-0.4, -0.2) is 107 Å². The molecule has 0 unspecified atom stereocenters. The molecule has 5 N–H and O–H groups in total. The van der Waals surface area contributed by atoms with E-state index in [0.717, 1.165) is 36.9 Å². The minimum Gasteiger partial charge on any atom is -0.495 e. The van der Waals surface area contributed by atoms with E-state index in [1.54, 1.807) is 44.7 Å². The summed E-state index contributed by atoms with van der Waals surface area (Å²) < 4.78 is 39.0. The number of carboxylic acids is 2. The summed E-state index contributed by atoms with van der Waals surface area (Å²) in [5.41, 5.74) is 1.86. The molecular formula is C26H34N4O10S. The fraction of sp³-hybridized carbons (Fsp3) is 0.423. The van der Waals surface area contributed by atoms with Crippen LogP contribution in [0.2, 0.25) is 0 Å². The van der Waals surface area contributed by atoms with Gasteiger partial charge in [0.25, 0.3) is 10.0 Å². The van der Waals surface area contributed by atoms with Crippen molar-refractivity contribution in [1.82, 2.24) is 13.9 Å². The molecule has 2 aromatic heterocycles. The number of anilines is 1. The molecule has 1 saturated heterocycles. The van der Waals surface area contributed by atoms with Crippen molar-refractivity contribution in [2.75, 3.05) is 39.7 Å². The highest BCUT2D eigenvalue weighted by molar-refractivity contribution is 7.90. The van der Waals surface area contributed by atoms with Crippen molar-refractivity contribution in [2.45, 2.75) is 42.9 Å². The first-order chi connectivity index (χ1) is 19.3. The lowest BCUT2D eigenvalue weighted by atomic mass is 10.1. The van der Waals surface area contributed by atoms with Crippen molar-refractivity contribution in [3.63, 3.8) is 0 Å². The van der Waals surface area contributed by atoms with Gasteiger partial charge in [-0.05, 0) is 69.7 Å². The van der Waals surface area contributed by atoms with Crippen LogP contribution in [0.3, 0.4) is 0 Å². The highest BCUT2D eigenvalue weighted by atomic mass is 32.2. The standard InChI is InChI=1S/C22H28N4O4S.C4H6O6/c1-15-14-26(22-19(15)11-17(29-3)13-23-22)31(27,28)18-5-6-21(30-4)20(12-18)24-16-7-9-25(2)10-8-16;5-1(3(7)8)2(6)4(9)10/h5-6,11-14,16,24H,7-10H2,1-4H3;1-2,5-6H,(H,7,8)(H,9,10)/t;1-,2-/m.1/s1. The minimum absolute atomic E-state index is 0.179. The maximum Gasteiger partial charge on any atom is 0.335 e. The number of rotatable bonds is 9. The molecule has 2 atom stereocenters. The van der Waals surface area contributed by atoms with Crippen LogP contribution in [0.15, 0.2) is 41.6 Å². The second-order valence-corrected chi connectivity index (χ2v) is 11.3. The highest BCUT2D eigenvalue weighted by Crippen LogP contribution is 2.32. The molecule has 1 aliphatic heterocycles. The second kappa shape index (κ2) is 13.2. The Kier molecular flexibility index (Phi) is 10.1. The van der Waals surface area contributed by atoms with E-state index in [9.17, 15) is 18.0 Å². The van der Waals surface area contributed by atoms with Crippen LogP contribution in [0.5, 0.6) is 11.5 Å². The Hall–Kier alpha value is -3.92. The molecule has 0 spiro atoms. The molecule has 1 aromatic carbocycles. The highest BCUT2D eigenvalue weighted by Gasteiger charge is 2.29. The van der Waals surface area contributed by atoms with Crippen LogP contribution >= 0.6 is 0 Å². The molecular weight excluding hydrogens is 560 g/mol. The minimum atomic E-state index is -3.85. The number of aliphatic hydroxyl groups excluding tert-OH is 2. The number of methoxy groups -OCH3 is 2. The number of aromatic nitrogens is 2. The normalized spacial score (nSPS) is 15.9. The number of fused-ring (bicyclic) bond motifs is 1. The van der Waals surface area contributed by atoms with Crippen molar-refractivity contribution in [3.8, 4) is 11.5 Å². The predicted octanol–water partition coefficient (Wildman–Crippen LogP) is 0.982. The average molecular weight is 595 g/mol. The molecule has 0 aliphatic carbocycles. The van der Waals surface area contributed by atoms with E-state index in [-0.39, 0.29) is 10.9 Å². The van der Waals surface area contributed by atoms with Gasteiger partial charge in [-0.2, -0.15) is 0 Å². The van der Waals surface area contributed by atoms with E-state index in [1.165, 1.54) is 10.2 Å². The predicted molar refractivity (Wildman–Crippen MR) is 148 cm³/mol. The molecule has 0 saturated carbocycles. The van der Waals surface area contributed by atoms with Gasteiger partial charge in [0.15, 0.2) is 17.9 Å². The van der Waals surface area contributed by atoms with Gasteiger partial charge in [-0.3, -0.25) is 0 Å². The Balaban J connectivity index is 0.000000397. The van der Waals surface area contributed by atoms with E-state index >= 15 is 0 Å². The molecule has 0 amide bonds. The van der Waals surface area contributed by atoms with Crippen LogP contribution in [-0.2, 0) is 19.6 Å². The first-order valence-electron chi connectivity index (χ1n) is 12.5. The summed E-state index contributed by atoms with van der Waals surface area (Å²) in [5.74, 6) is -2.33. The monoisotopic (exact) mass is 594 g/mol. The number of benzene rings is 1. The van der Waals surface area contributed by atoms with Crippen LogP contribution < -0.4 is 14.8 Å². The number of hydrogen-bond donors (Lipinski definition) is 5. The fourth-order valence-corrected chi connectivity index (χ4v) is 5.63. The number of ether oxygens (including phenoxy) is 2. The van der Waals surface area contributed by atoms with Crippen LogP contribution in [0.25, 0.3) is 11.0 Å². The largest absolute Gasteiger partial charge is 0.495 e. The van der Waals surface area contributed by atoms with E-state index in [2.05, 4.69) is 22.2 Å². The van der Waals surface area contributed by atoms with Gasteiger partial charge in [0, 0.05) is 17.6 Å². The Morgan fingerprint density at radius 2 is 1.66 bits per heavy atom. The quantitative estimate of drug-likeness (QED) is 0.235. The lowest BCUT2D eigenvalue weighted by Gasteiger charge is -2.30. The SMILES string of the molecule is COc1cnc2c(c1)c(C)cn2S(=O)(=O)c1ccc(OC)c(NC2CCN(C)CC2)c1.O=C(O)[C@H](O)[C@@H](O)C(=O)O. The smallest absolute Gasteiger partial charge is 0.335 e. The number of nitrogens with zero attached hydrogens (tertiary/aromatic N) is 3. The second-order valence-electron chi connectivity index (χ2n) is 9.51. The van der Waals surface area contributed by atoms with E-state index < -0.39 is 34.2 Å². The maximum absolute atomic E-state index is 13.5. The summed E-state index contributed by atoms with van der Waals surface area (Å²) in [7, 11) is 1.40. The zero-order chi connectivity index (χ0) is 30.5. The van der Waals surface area contributed by atoms with Crippen LogP contribution in [0.4, 0.5) is 5.69 Å². The summed E-state index contributed by atoms with van der Waals surface area (Å²) in [5, 5.41) is 36.7. The summed E-state index contributed by atoms with van der Waals surface area (Å²) in [6.07, 6.45) is 0.568. The molecule has 15 heteroatoms. The number of aryl methyl sites for hydroxylation is 1. The Morgan fingerprint density at radius 3 is 2.20 bits per heavy atom. The van der Waals surface area contributed by atoms with Gasteiger partial charge < -0.3 is 40.1 Å². The number of hydrogen-bond acceptors (Lipinski definition) is 11. The molecule has 0 bridgehead atoms. The molecule has 224 valence electrons. The summed E-state index contributed by atoms with van der Waals surface area (Å²) in [6, 6.07) is 6.98. The number of likely N-dealkylation sites (tertiary alicyclic amines) is 1. The first-order valence-corrected chi connectivity index (χ1v) is 14.0. The molecule has 41 heavy (non-hydrogen) atoms. The first kappa shape index (κ1) is 31.6. The summed E-state index contributed by atoms with van der Waals surface area (Å²) >= 11 is 0. The van der Waals surface area contributed by atoms with Crippen LogP contribution in [0, 0.1) is 6.92 Å². The number of aliphatic carboxylic acids is 2. The van der Waals surface area contributed by atoms with E-state index in [0.29, 0.717) is 22.8 Å². The topological polar surface area (TPSA) is 201 Å². The molecule has 1 fully saturated rings. The number of nitrogens with one attached hydrogen (secondary N) is 1. The fourth-order valence-electron chi connectivity index (χ4n) is 4.22. The van der Waals surface area contributed by atoms with Crippen molar-refractivity contribution in [1.29, 1.82) is 0 Å². The number of piperidine rings is 1. The third-order valence-corrected chi connectivity index (χ3v) is 8.28. The maximum atomic E-state index is 13.5. The number of pyridine rings is 1. The molecule has 3 aromatic rings. The van der Waals surface area contributed by atoms with Crippen molar-refractivity contribution >= 4 is 38.7 Å². The van der Waals surface area contributed by atoms with Gasteiger partial charge in [0.1, 0.15) is 11.5 Å². The van der Waals surface area contributed by atoms with Crippen molar-refractivity contribution in [3.05, 3.63) is 42.2 Å². The van der Waals surface area contributed by atoms with Gasteiger partial charge in [0.05, 0.1) is 31.0 Å². The van der Waals surface area contributed by atoms with Gasteiger partial charge in [-0.15, -0.1) is 0 Å².